The zero-order chi connectivity index (χ0) is 16.4. The molecule has 1 aliphatic heterocycles. The van der Waals surface area contributed by atoms with Crippen molar-refractivity contribution in [3.05, 3.63) is 34.2 Å². The highest BCUT2D eigenvalue weighted by atomic mass is 32.1. The molecule has 5 nitrogen and oxygen atoms in total. The van der Waals surface area contributed by atoms with Crippen molar-refractivity contribution in [3.63, 3.8) is 0 Å². The second-order valence-corrected chi connectivity index (χ2v) is 6.59. The van der Waals surface area contributed by atoms with E-state index in [1.54, 1.807) is 11.8 Å². The highest BCUT2D eigenvalue weighted by Crippen LogP contribution is 2.21. The third-order valence-corrected chi connectivity index (χ3v) is 4.57. The summed E-state index contributed by atoms with van der Waals surface area (Å²) >= 11 is 5.34. The summed E-state index contributed by atoms with van der Waals surface area (Å²) < 4.78 is 12.9. The molecule has 1 fully saturated rings. The molecule has 2 aromatic rings. The van der Waals surface area contributed by atoms with Crippen LogP contribution in [0.15, 0.2) is 22.6 Å². The summed E-state index contributed by atoms with van der Waals surface area (Å²) in [6.45, 7) is 6.80. The Bertz CT molecular complexity index is 709. The van der Waals surface area contributed by atoms with Crippen LogP contribution in [-0.4, -0.2) is 41.0 Å². The number of aryl methyl sites for hydroxylation is 2. The number of piperidine rings is 1. The van der Waals surface area contributed by atoms with E-state index in [-0.39, 0.29) is 0 Å². The van der Waals surface area contributed by atoms with Gasteiger partial charge in [0.05, 0.1) is 12.8 Å². The highest BCUT2D eigenvalue weighted by molar-refractivity contribution is 7.71. The molecule has 1 aromatic carbocycles. The van der Waals surface area contributed by atoms with Crippen molar-refractivity contribution in [1.82, 2.24) is 14.7 Å². The lowest BCUT2D eigenvalue weighted by molar-refractivity contribution is 0.0299. The van der Waals surface area contributed by atoms with Crippen LogP contribution in [0.5, 0.6) is 0 Å². The second kappa shape index (κ2) is 6.95. The first-order valence-electron chi connectivity index (χ1n) is 7.97. The average molecular weight is 333 g/mol. The molecule has 1 aromatic heterocycles. The number of benzene rings is 1. The summed E-state index contributed by atoms with van der Waals surface area (Å²) in [5.74, 6) is 0.591. The van der Waals surface area contributed by atoms with E-state index >= 15 is 0 Å². The van der Waals surface area contributed by atoms with E-state index in [1.807, 2.05) is 0 Å². The molecule has 0 aliphatic carbocycles. The van der Waals surface area contributed by atoms with Gasteiger partial charge in [-0.15, -0.1) is 5.10 Å². The van der Waals surface area contributed by atoms with Gasteiger partial charge >= 0.3 is 0 Å². The smallest absolute Gasteiger partial charge is 0.288 e. The van der Waals surface area contributed by atoms with Gasteiger partial charge in [0.2, 0.25) is 5.89 Å². The summed E-state index contributed by atoms with van der Waals surface area (Å²) in [6, 6.07) is 6.28. The van der Waals surface area contributed by atoms with Crippen LogP contribution in [0.2, 0.25) is 0 Å². The van der Waals surface area contributed by atoms with Gasteiger partial charge in [0.15, 0.2) is 0 Å². The molecule has 0 amide bonds. The van der Waals surface area contributed by atoms with E-state index in [1.165, 1.54) is 11.1 Å². The topological polar surface area (TPSA) is 43.4 Å². The molecule has 1 saturated heterocycles. The van der Waals surface area contributed by atoms with E-state index in [2.05, 4.69) is 42.0 Å². The first-order valence-corrected chi connectivity index (χ1v) is 8.38. The van der Waals surface area contributed by atoms with Crippen molar-refractivity contribution in [1.29, 1.82) is 0 Å². The normalized spacial score (nSPS) is 16.8. The molecular formula is C17H23N3O2S. The molecule has 0 N–H and O–H groups in total. The number of nitrogens with zero attached hydrogens (tertiary/aromatic N) is 3. The summed E-state index contributed by atoms with van der Waals surface area (Å²) in [7, 11) is 1.78. The Hall–Kier alpha value is -1.50. The van der Waals surface area contributed by atoms with Gasteiger partial charge in [-0.2, -0.15) is 0 Å². The lowest BCUT2D eigenvalue weighted by atomic mass is 10.1. The molecule has 1 aliphatic rings. The Morgan fingerprint density at radius 2 is 1.87 bits per heavy atom. The van der Waals surface area contributed by atoms with Crippen molar-refractivity contribution >= 4 is 12.2 Å². The van der Waals surface area contributed by atoms with Gasteiger partial charge in [0.1, 0.15) is 0 Å². The van der Waals surface area contributed by atoms with Crippen molar-refractivity contribution < 1.29 is 9.15 Å². The third kappa shape index (κ3) is 3.88. The van der Waals surface area contributed by atoms with E-state index in [9.17, 15) is 0 Å². The molecule has 124 valence electrons. The van der Waals surface area contributed by atoms with Crippen LogP contribution in [0, 0.1) is 18.7 Å². The van der Waals surface area contributed by atoms with Gasteiger partial charge in [-0.1, -0.05) is 17.2 Å². The van der Waals surface area contributed by atoms with Crippen LogP contribution in [-0.2, 0) is 11.4 Å². The predicted octanol–water partition coefficient (Wildman–Crippen LogP) is 3.56. The van der Waals surface area contributed by atoms with Crippen LogP contribution in [0.3, 0.4) is 0 Å². The van der Waals surface area contributed by atoms with Crippen molar-refractivity contribution in [3.8, 4) is 11.5 Å². The maximum absolute atomic E-state index is 5.71. The fourth-order valence-electron chi connectivity index (χ4n) is 3.09. The maximum Gasteiger partial charge on any atom is 0.288 e. The molecule has 0 atom stereocenters. The SMILES string of the molecule is COC1CCN(Cn2nc(-c3cc(C)cc(C)c3)oc2=S)CC1. The zero-order valence-electron chi connectivity index (χ0n) is 13.9. The number of hydrogen-bond donors (Lipinski definition) is 0. The minimum Gasteiger partial charge on any atom is -0.409 e. The van der Waals surface area contributed by atoms with Gasteiger partial charge in [0, 0.05) is 25.8 Å². The van der Waals surface area contributed by atoms with Gasteiger partial charge in [-0.25, -0.2) is 4.68 Å². The van der Waals surface area contributed by atoms with Gasteiger partial charge < -0.3 is 9.15 Å². The number of likely N-dealkylation sites (tertiary alicyclic amines) is 1. The largest absolute Gasteiger partial charge is 0.409 e. The van der Waals surface area contributed by atoms with Crippen LogP contribution < -0.4 is 0 Å². The molecule has 23 heavy (non-hydrogen) atoms. The lowest BCUT2D eigenvalue weighted by Crippen LogP contribution is -2.37. The predicted molar refractivity (Wildman–Crippen MR) is 91.8 cm³/mol. The number of rotatable bonds is 4. The molecule has 0 unspecified atom stereocenters. The Morgan fingerprint density at radius 3 is 2.48 bits per heavy atom. The number of methoxy groups -OCH3 is 1. The minimum absolute atomic E-state index is 0.377. The molecule has 3 rings (SSSR count). The van der Waals surface area contributed by atoms with E-state index in [4.69, 9.17) is 21.4 Å². The summed E-state index contributed by atoms with van der Waals surface area (Å²) in [4.78, 5) is 2.76. The van der Waals surface area contributed by atoms with Crippen molar-refractivity contribution in [2.75, 3.05) is 20.2 Å². The Labute approximate surface area is 141 Å². The third-order valence-electron chi connectivity index (χ3n) is 4.28. The van der Waals surface area contributed by atoms with E-state index in [0.717, 1.165) is 31.5 Å². The average Bonchev–Trinajstić information content (AvgIpc) is 2.88. The van der Waals surface area contributed by atoms with E-state index in [0.29, 0.717) is 23.5 Å². The van der Waals surface area contributed by atoms with Crippen LogP contribution >= 0.6 is 12.2 Å². The monoisotopic (exact) mass is 333 g/mol. The van der Waals surface area contributed by atoms with Gasteiger partial charge in [0.25, 0.3) is 4.84 Å². The van der Waals surface area contributed by atoms with Crippen LogP contribution in [0.25, 0.3) is 11.5 Å². The minimum atomic E-state index is 0.377. The van der Waals surface area contributed by atoms with E-state index < -0.39 is 0 Å². The Kier molecular flexibility index (Phi) is 4.94. The molecule has 0 spiro atoms. The fraction of sp³-hybridized carbons (Fsp3) is 0.529. The second-order valence-electron chi connectivity index (χ2n) is 6.24. The maximum atomic E-state index is 5.71. The molecule has 0 radical (unpaired) electrons. The van der Waals surface area contributed by atoms with Crippen molar-refractivity contribution in [2.45, 2.75) is 39.5 Å². The first kappa shape index (κ1) is 16.4. The van der Waals surface area contributed by atoms with Crippen LogP contribution in [0.1, 0.15) is 24.0 Å². The fourth-order valence-corrected chi connectivity index (χ4v) is 3.26. The molecule has 0 bridgehead atoms. The standard InChI is InChI=1S/C17H23N3O2S/c1-12-8-13(2)10-14(9-12)16-18-20(17(23)22-16)11-19-6-4-15(21-3)5-7-19/h8-10,15H,4-7,11H2,1-3H3. The van der Waals surface area contributed by atoms with Crippen molar-refractivity contribution in [2.24, 2.45) is 0 Å². The zero-order valence-corrected chi connectivity index (χ0v) is 14.7. The Balaban J connectivity index is 1.75. The molecule has 2 heterocycles. The quantitative estimate of drug-likeness (QED) is 0.801. The Morgan fingerprint density at radius 1 is 1.22 bits per heavy atom. The lowest BCUT2D eigenvalue weighted by Gasteiger charge is -2.30. The number of hydrogen-bond acceptors (Lipinski definition) is 5. The first-order chi connectivity index (χ1) is 11.0. The summed E-state index contributed by atoms with van der Waals surface area (Å²) in [5, 5.41) is 4.57. The van der Waals surface area contributed by atoms with Gasteiger partial charge in [-0.3, -0.25) is 4.90 Å². The van der Waals surface area contributed by atoms with Gasteiger partial charge in [-0.05, 0) is 51.0 Å². The highest BCUT2D eigenvalue weighted by Gasteiger charge is 2.20. The molecular weight excluding hydrogens is 310 g/mol. The number of aromatic nitrogens is 2. The molecule has 0 saturated carbocycles. The van der Waals surface area contributed by atoms with Crippen LogP contribution in [0.4, 0.5) is 0 Å². The summed E-state index contributed by atoms with van der Waals surface area (Å²) in [5.41, 5.74) is 3.36. The summed E-state index contributed by atoms with van der Waals surface area (Å²) in [6.07, 6.45) is 2.47. The number of ether oxygens (including phenoxy) is 1. The molecule has 6 heteroatoms.